The number of nitrogens with zero attached hydrogens (tertiary/aromatic N) is 1. The normalized spacial score (nSPS) is 11.3. The Morgan fingerprint density at radius 1 is 0.897 bits per heavy atom. The topological polar surface area (TPSA) is 59.3 Å². The molecule has 4 heteroatoms. The first-order chi connectivity index (χ1) is 14.2. The minimum Gasteiger partial charge on any atom is -0.497 e. The maximum Gasteiger partial charge on any atom is 0.350 e. The van der Waals surface area contributed by atoms with Gasteiger partial charge in [-0.3, -0.25) is 0 Å². The van der Waals surface area contributed by atoms with Gasteiger partial charge < -0.3 is 9.47 Å². The standard InChI is InChI=1S/C25H29NO3/c1-3-4-5-6-7-11-14-23(25(27)29-19-26)24(20-12-9-8-10-13-20)21-15-17-22(28-2)18-16-21/h8-10,12-13,15-18H,3-7,11,14H2,1-2H3/b24-23+. The molecule has 0 aliphatic carbocycles. The number of carbonyl (C=O) groups excluding carboxylic acids is 1. The van der Waals surface area contributed by atoms with E-state index in [-0.39, 0.29) is 0 Å². The molecular weight excluding hydrogens is 362 g/mol. The number of methoxy groups -OCH3 is 1. The largest absolute Gasteiger partial charge is 0.497 e. The van der Waals surface area contributed by atoms with E-state index in [9.17, 15) is 4.79 Å². The quantitative estimate of drug-likeness (QED) is 0.196. The van der Waals surface area contributed by atoms with Crippen LogP contribution in [0.25, 0.3) is 5.57 Å². The van der Waals surface area contributed by atoms with Gasteiger partial charge in [-0.1, -0.05) is 81.5 Å². The maximum atomic E-state index is 12.7. The molecule has 0 atom stereocenters. The van der Waals surface area contributed by atoms with Crippen molar-refractivity contribution in [1.82, 2.24) is 0 Å². The summed E-state index contributed by atoms with van der Waals surface area (Å²) >= 11 is 0. The summed E-state index contributed by atoms with van der Waals surface area (Å²) in [4.78, 5) is 12.7. The molecule has 2 rings (SSSR count). The van der Waals surface area contributed by atoms with E-state index in [1.165, 1.54) is 25.5 Å². The zero-order chi connectivity index (χ0) is 20.9. The molecule has 0 spiro atoms. The predicted octanol–water partition coefficient (Wildman–Crippen LogP) is 6.27. The van der Waals surface area contributed by atoms with Crippen LogP contribution in [0, 0.1) is 11.5 Å². The highest BCUT2D eigenvalue weighted by molar-refractivity contribution is 6.02. The molecular formula is C25H29NO3. The molecule has 0 amide bonds. The zero-order valence-electron chi connectivity index (χ0n) is 17.3. The summed E-state index contributed by atoms with van der Waals surface area (Å²) in [5.41, 5.74) is 3.17. The lowest BCUT2D eigenvalue weighted by Crippen LogP contribution is -2.09. The molecule has 152 valence electrons. The van der Waals surface area contributed by atoms with Crippen molar-refractivity contribution in [1.29, 1.82) is 5.26 Å². The third-order valence-electron chi connectivity index (χ3n) is 4.91. The first kappa shape index (κ1) is 22.2. The van der Waals surface area contributed by atoms with Crippen LogP contribution in [0.1, 0.15) is 63.0 Å². The van der Waals surface area contributed by atoms with Crippen LogP contribution in [0.5, 0.6) is 5.75 Å². The van der Waals surface area contributed by atoms with Crippen molar-refractivity contribution >= 4 is 11.5 Å². The lowest BCUT2D eigenvalue weighted by molar-refractivity contribution is -0.132. The molecule has 0 saturated heterocycles. The van der Waals surface area contributed by atoms with Crippen molar-refractivity contribution in [2.24, 2.45) is 0 Å². The number of esters is 1. The molecule has 0 aromatic heterocycles. The van der Waals surface area contributed by atoms with E-state index < -0.39 is 5.97 Å². The molecule has 0 saturated carbocycles. The molecule has 0 aliphatic rings. The molecule has 0 aliphatic heterocycles. The third-order valence-corrected chi connectivity index (χ3v) is 4.91. The minimum atomic E-state index is -0.573. The number of benzene rings is 2. The van der Waals surface area contributed by atoms with Gasteiger partial charge in [0.25, 0.3) is 6.26 Å². The van der Waals surface area contributed by atoms with Gasteiger partial charge in [-0.2, -0.15) is 0 Å². The van der Waals surface area contributed by atoms with E-state index in [2.05, 4.69) is 6.92 Å². The highest BCUT2D eigenvalue weighted by Gasteiger charge is 2.20. The SMILES string of the molecule is CCCCCCCC/C(C(=O)OC#N)=C(/c1ccccc1)c1ccc(OC)cc1. The van der Waals surface area contributed by atoms with Crippen LogP contribution in [0.15, 0.2) is 60.2 Å². The van der Waals surface area contributed by atoms with Crippen LogP contribution in [0.4, 0.5) is 0 Å². The first-order valence-electron chi connectivity index (χ1n) is 10.2. The summed E-state index contributed by atoms with van der Waals surface area (Å²) in [5.74, 6) is 0.175. The first-order valence-corrected chi connectivity index (χ1v) is 10.2. The van der Waals surface area contributed by atoms with Crippen molar-refractivity contribution < 1.29 is 14.3 Å². The van der Waals surface area contributed by atoms with E-state index in [0.717, 1.165) is 41.7 Å². The Kier molecular flexibility index (Phi) is 9.51. The van der Waals surface area contributed by atoms with Crippen molar-refractivity contribution in [3.8, 4) is 12.0 Å². The van der Waals surface area contributed by atoms with E-state index in [0.29, 0.717) is 12.0 Å². The van der Waals surface area contributed by atoms with Crippen molar-refractivity contribution in [3.63, 3.8) is 0 Å². The average molecular weight is 392 g/mol. The fraction of sp³-hybridized carbons (Fsp3) is 0.360. The number of unbranched alkanes of at least 4 members (excludes halogenated alkanes) is 5. The second-order valence-electron chi connectivity index (χ2n) is 6.95. The second-order valence-corrected chi connectivity index (χ2v) is 6.95. The minimum absolute atomic E-state index is 0.540. The highest BCUT2D eigenvalue weighted by atomic mass is 16.5. The van der Waals surface area contributed by atoms with E-state index in [1.807, 2.05) is 54.6 Å². The number of hydrogen-bond acceptors (Lipinski definition) is 4. The molecule has 0 heterocycles. The Hall–Kier alpha value is -3.06. The van der Waals surface area contributed by atoms with Crippen molar-refractivity contribution in [3.05, 3.63) is 71.3 Å². The predicted molar refractivity (Wildman–Crippen MR) is 115 cm³/mol. The van der Waals surface area contributed by atoms with Gasteiger partial charge in [-0.15, -0.1) is 5.26 Å². The number of carbonyl (C=O) groups is 1. The van der Waals surface area contributed by atoms with Crippen LogP contribution >= 0.6 is 0 Å². The highest BCUT2D eigenvalue weighted by Crippen LogP contribution is 2.31. The second kappa shape index (κ2) is 12.4. The number of hydrogen-bond donors (Lipinski definition) is 0. The average Bonchev–Trinajstić information content (AvgIpc) is 2.76. The monoisotopic (exact) mass is 391 g/mol. The van der Waals surface area contributed by atoms with E-state index in [4.69, 9.17) is 14.7 Å². The fourth-order valence-electron chi connectivity index (χ4n) is 3.39. The summed E-state index contributed by atoms with van der Waals surface area (Å²) in [7, 11) is 1.62. The van der Waals surface area contributed by atoms with Gasteiger partial charge in [0.1, 0.15) is 5.75 Å². The molecule has 29 heavy (non-hydrogen) atoms. The Bertz CT molecular complexity index is 833. The van der Waals surface area contributed by atoms with Gasteiger partial charge in [0.15, 0.2) is 0 Å². The van der Waals surface area contributed by atoms with Gasteiger partial charge in [-0.25, -0.2) is 4.79 Å². The summed E-state index contributed by atoms with van der Waals surface area (Å²) < 4.78 is 10.0. The Labute approximate surface area is 173 Å². The summed E-state index contributed by atoms with van der Waals surface area (Å²) in [6, 6.07) is 17.4. The van der Waals surface area contributed by atoms with Crippen LogP contribution in [0.3, 0.4) is 0 Å². The Morgan fingerprint density at radius 3 is 2.14 bits per heavy atom. The van der Waals surface area contributed by atoms with Crippen LogP contribution in [-0.2, 0) is 9.53 Å². The van der Waals surface area contributed by atoms with Crippen LogP contribution < -0.4 is 4.74 Å². The van der Waals surface area contributed by atoms with Crippen LogP contribution in [-0.4, -0.2) is 13.1 Å². The summed E-state index contributed by atoms with van der Waals surface area (Å²) in [6.07, 6.45) is 8.84. The number of ether oxygens (including phenoxy) is 2. The Morgan fingerprint density at radius 2 is 1.52 bits per heavy atom. The third kappa shape index (κ3) is 6.80. The van der Waals surface area contributed by atoms with Gasteiger partial charge in [0.05, 0.1) is 7.11 Å². The molecule has 4 nitrogen and oxygen atoms in total. The molecule has 2 aromatic carbocycles. The molecule has 0 N–H and O–H groups in total. The van der Waals surface area contributed by atoms with Gasteiger partial charge >= 0.3 is 5.97 Å². The van der Waals surface area contributed by atoms with Gasteiger partial charge in [0.2, 0.25) is 0 Å². The molecule has 0 bridgehead atoms. The van der Waals surface area contributed by atoms with Crippen molar-refractivity contribution in [2.75, 3.05) is 7.11 Å². The number of nitriles is 1. The van der Waals surface area contributed by atoms with Gasteiger partial charge in [-0.05, 0) is 41.7 Å². The molecule has 0 radical (unpaired) electrons. The van der Waals surface area contributed by atoms with Crippen LogP contribution in [0.2, 0.25) is 0 Å². The lowest BCUT2D eigenvalue weighted by atomic mass is 9.90. The lowest BCUT2D eigenvalue weighted by Gasteiger charge is -2.15. The molecule has 0 fully saturated rings. The summed E-state index contributed by atoms with van der Waals surface area (Å²) in [6.45, 7) is 2.19. The molecule has 0 unspecified atom stereocenters. The number of rotatable bonds is 11. The molecule has 2 aromatic rings. The maximum absolute atomic E-state index is 12.7. The van der Waals surface area contributed by atoms with E-state index in [1.54, 1.807) is 7.11 Å². The van der Waals surface area contributed by atoms with Crippen molar-refractivity contribution in [2.45, 2.75) is 51.9 Å². The van der Waals surface area contributed by atoms with E-state index >= 15 is 0 Å². The smallest absolute Gasteiger partial charge is 0.350 e. The zero-order valence-corrected chi connectivity index (χ0v) is 17.3. The Balaban J connectivity index is 2.41. The van der Waals surface area contributed by atoms with Gasteiger partial charge in [0, 0.05) is 5.57 Å². The summed E-state index contributed by atoms with van der Waals surface area (Å²) in [5, 5.41) is 8.91. The fourth-order valence-corrected chi connectivity index (χ4v) is 3.39.